The van der Waals surface area contributed by atoms with E-state index in [1.165, 1.54) is 25.1 Å². The van der Waals surface area contributed by atoms with Crippen LogP contribution in [0.3, 0.4) is 0 Å². The first-order valence-corrected chi connectivity index (χ1v) is 6.00. The third-order valence-electron chi connectivity index (χ3n) is 2.77. The molecule has 0 radical (unpaired) electrons. The number of halogens is 4. The lowest BCUT2D eigenvalue weighted by molar-refractivity contribution is 0.580. The fourth-order valence-electron chi connectivity index (χ4n) is 1.69. The molecule has 0 aliphatic heterocycles. The molecule has 1 N–H and O–H groups in total. The van der Waals surface area contributed by atoms with Crippen molar-refractivity contribution in [1.29, 1.82) is 0 Å². The van der Waals surface area contributed by atoms with E-state index in [-0.39, 0.29) is 22.8 Å². The van der Waals surface area contributed by atoms with Crippen LogP contribution < -0.4 is 5.32 Å². The van der Waals surface area contributed by atoms with E-state index in [0.29, 0.717) is 5.56 Å². The van der Waals surface area contributed by atoms with Crippen LogP contribution in [-0.4, -0.2) is 0 Å². The average Bonchev–Trinajstić information content (AvgIpc) is 2.39. The molecule has 0 bridgehead atoms. The van der Waals surface area contributed by atoms with Crippen molar-refractivity contribution in [3.63, 3.8) is 0 Å². The molecule has 0 fully saturated rings. The highest BCUT2D eigenvalue weighted by Crippen LogP contribution is 2.24. The summed E-state index contributed by atoms with van der Waals surface area (Å²) >= 11 is 5.63. The van der Waals surface area contributed by atoms with Crippen LogP contribution in [0.25, 0.3) is 0 Å². The largest absolute Gasteiger partial charge is 0.376 e. The van der Waals surface area contributed by atoms with Gasteiger partial charge in [-0.25, -0.2) is 13.2 Å². The Labute approximate surface area is 114 Å². The molecule has 0 aliphatic carbocycles. The molecule has 1 nitrogen and oxygen atoms in total. The minimum Gasteiger partial charge on any atom is -0.376 e. The number of hydrogen-bond donors (Lipinski definition) is 1. The molecule has 0 saturated carbocycles. The number of hydrogen-bond acceptors (Lipinski definition) is 1. The number of aryl methyl sites for hydroxylation is 1. The van der Waals surface area contributed by atoms with E-state index >= 15 is 0 Å². The van der Waals surface area contributed by atoms with E-state index < -0.39 is 17.5 Å². The molecule has 100 valence electrons. The second kappa shape index (κ2) is 5.53. The zero-order valence-electron chi connectivity index (χ0n) is 10.1. The van der Waals surface area contributed by atoms with Crippen molar-refractivity contribution in [2.75, 3.05) is 5.32 Å². The summed E-state index contributed by atoms with van der Waals surface area (Å²) in [6.45, 7) is 1.48. The lowest BCUT2D eigenvalue weighted by atomic mass is 10.1. The molecule has 2 aromatic carbocycles. The van der Waals surface area contributed by atoms with E-state index in [4.69, 9.17) is 11.6 Å². The highest BCUT2D eigenvalue weighted by Gasteiger charge is 2.12. The Morgan fingerprint density at radius 2 is 1.79 bits per heavy atom. The molecular formula is C14H11ClF3N. The van der Waals surface area contributed by atoms with Gasteiger partial charge in [-0.3, -0.25) is 0 Å². The fourth-order valence-corrected chi connectivity index (χ4v) is 1.88. The van der Waals surface area contributed by atoms with Gasteiger partial charge in [0.15, 0.2) is 5.82 Å². The quantitative estimate of drug-likeness (QED) is 0.863. The van der Waals surface area contributed by atoms with E-state index in [2.05, 4.69) is 5.32 Å². The van der Waals surface area contributed by atoms with Gasteiger partial charge < -0.3 is 5.32 Å². The van der Waals surface area contributed by atoms with Gasteiger partial charge in [0.2, 0.25) is 0 Å². The van der Waals surface area contributed by atoms with Crippen molar-refractivity contribution in [3.8, 4) is 0 Å². The zero-order valence-corrected chi connectivity index (χ0v) is 10.9. The summed E-state index contributed by atoms with van der Waals surface area (Å²) in [6.07, 6.45) is 0. The van der Waals surface area contributed by atoms with Crippen molar-refractivity contribution < 1.29 is 13.2 Å². The van der Waals surface area contributed by atoms with E-state index in [1.54, 1.807) is 6.07 Å². The molecule has 0 atom stereocenters. The summed E-state index contributed by atoms with van der Waals surface area (Å²) in [4.78, 5) is 0. The molecular weight excluding hydrogens is 275 g/mol. The predicted octanol–water partition coefficient (Wildman–Crippen LogP) is 4.68. The Kier molecular flexibility index (Phi) is 4.00. The topological polar surface area (TPSA) is 12.0 Å². The highest BCUT2D eigenvalue weighted by molar-refractivity contribution is 6.30. The van der Waals surface area contributed by atoms with Gasteiger partial charge in [0, 0.05) is 12.1 Å². The van der Waals surface area contributed by atoms with Gasteiger partial charge in [0.25, 0.3) is 0 Å². The van der Waals surface area contributed by atoms with Crippen LogP contribution in [0.1, 0.15) is 11.1 Å². The van der Waals surface area contributed by atoms with Crippen molar-refractivity contribution >= 4 is 17.3 Å². The summed E-state index contributed by atoms with van der Waals surface area (Å²) < 4.78 is 40.8. The van der Waals surface area contributed by atoms with Crippen LogP contribution in [0.15, 0.2) is 30.3 Å². The van der Waals surface area contributed by atoms with Gasteiger partial charge in [0.05, 0.1) is 5.02 Å². The van der Waals surface area contributed by atoms with E-state index in [0.717, 1.165) is 6.07 Å². The third kappa shape index (κ3) is 2.84. The van der Waals surface area contributed by atoms with Crippen LogP contribution in [0.2, 0.25) is 5.02 Å². The van der Waals surface area contributed by atoms with Gasteiger partial charge in [-0.1, -0.05) is 29.8 Å². The predicted molar refractivity (Wildman–Crippen MR) is 69.8 cm³/mol. The molecule has 0 heterocycles. The smallest absolute Gasteiger partial charge is 0.152 e. The maximum atomic E-state index is 13.7. The summed E-state index contributed by atoms with van der Waals surface area (Å²) in [5.41, 5.74) is 0.294. The van der Waals surface area contributed by atoms with Crippen LogP contribution in [0.4, 0.5) is 18.9 Å². The van der Waals surface area contributed by atoms with Crippen LogP contribution in [0, 0.1) is 24.4 Å². The lowest BCUT2D eigenvalue weighted by Gasteiger charge is -2.11. The van der Waals surface area contributed by atoms with Crippen LogP contribution >= 0.6 is 11.6 Å². The average molecular weight is 286 g/mol. The Morgan fingerprint density at radius 1 is 1.05 bits per heavy atom. The molecule has 2 rings (SSSR count). The molecule has 0 amide bonds. The van der Waals surface area contributed by atoms with Crippen molar-refractivity contribution in [3.05, 3.63) is 63.9 Å². The highest BCUT2D eigenvalue weighted by atomic mass is 35.5. The van der Waals surface area contributed by atoms with E-state index in [1.807, 2.05) is 0 Å². The summed E-state index contributed by atoms with van der Waals surface area (Å²) in [5.74, 6) is -1.99. The normalized spacial score (nSPS) is 10.6. The molecule has 2 aromatic rings. The first-order valence-electron chi connectivity index (χ1n) is 5.62. The number of rotatable bonds is 3. The van der Waals surface area contributed by atoms with Gasteiger partial charge in [-0.15, -0.1) is 0 Å². The molecule has 0 unspecified atom stereocenters. The SMILES string of the molecule is Cc1ccc(F)c(NCc2cccc(Cl)c2F)c1F. The van der Waals surface area contributed by atoms with Crippen molar-refractivity contribution in [2.24, 2.45) is 0 Å². The summed E-state index contributed by atoms with van der Waals surface area (Å²) in [7, 11) is 0. The van der Waals surface area contributed by atoms with Crippen molar-refractivity contribution in [1.82, 2.24) is 0 Å². The second-order valence-electron chi connectivity index (χ2n) is 4.12. The summed E-state index contributed by atoms with van der Waals surface area (Å²) in [5, 5.41) is 2.53. The van der Waals surface area contributed by atoms with Gasteiger partial charge in [-0.05, 0) is 24.6 Å². The minimum atomic E-state index is -0.717. The van der Waals surface area contributed by atoms with Gasteiger partial charge in [0.1, 0.15) is 17.3 Å². The molecule has 0 aliphatic rings. The maximum absolute atomic E-state index is 13.7. The van der Waals surface area contributed by atoms with Gasteiger partial charge >= 0.3 is 0 Å². The molecule has 0 spiro atoms. The van der Waals surface area contributed by atoms with Gasteiger partial charge in [-0.2, -0.15) is 0 Å². The van der Waals surface area contributed by atoms with Crippen molar-refractivity contribution in [2.45, 2.75) is 13.5 Å². The lowest BCUT2D eigenvalue weighted by Crippen LogP contribution is -2.06. The molecule has 0 aromatic heterocycles. The number of benzene rings is 2. The molecule has 0 saturated heterocycles. The molecule has 19 heavy (non-hydrogen) atoms. The van der Waals surface area contributed by atoms with E-state index in [9.17, 15) is 13.2 Å². The first kappa shape index (κ1) is 13.7. The third-order valence-corrected chi connectivity index (χ3v) is 3.06. The Morgan fingerprint density at radius 3 is 2.53 bits per heavy atom. The first-order chi connectivity index (χ1) is 9.00. The molecule has 5 heteroatoms. The minimum absolute atomic E-state index is 0.0236. The standard InChI is InChI=1S/C14H11ClF3N/c1-8-5-6-11(16)14(12(8)17)19-7-9-3-2-4-10(15)13(9)18/h2-6,19H,7H2,1H3. The number of nitrogens with one attached hydrogen (secondary N) is 1. The monoisotopic (exact) mass is 285 g/mol. The Balaban J connectivity index is 2.24. The van der Waals surface area contributed by atoms with Crippen LogP contribution in [-0.2, 0) is 6.54 Å². The zero-order chi connectivity index (χ0) is 14.0. The Bertz CT molecular complexity index is 614. The Hall–Kier alpha value is -1.68. The van der Waals surface area contributed by atoms with Crippen LogP contribution in [0.5, 0.6) is 0 Å². The summed E-state index contributed by atoms with van der Waals surface area (Å²) in [6, 6.07) is 6.99. The second-order valence-corrected chi connectivity index (χ2v) is 4.53. The number of anilines is 1. The fraction of sp³-hybridized carbons (Fsp3) is 0.143. The maximum Gasteiger partial charge on any atom is 0.152 e.